The molecule has 0 fully saturated rings. The fourth-order valence-corrected chi connectivity index (χ4v) is 1.40. The second kappa shape index (κ2) is 5.51. The second-order valence-electron chi connectivity index (χ2n) is 3.86. The van der Waals surface area contributed by atoms with Gasteiger partial charge in [-0.05, 0) is 24.5 Å². The van der Waals surface area contributed by atoms with Crippen molar-refractivity contribution in [2.45, 2.75) is 19.4 Å². The van der Waals surface area contributed by atoms with Gasteiger partial charge in [0.05, 0.1) is 6.10 Å². The van der Waals surface area contributed by atoms with Gasteiger partial charge in [-0.1, -0.05) is 24.3 Å². The largest absolute Gasteiger partial charge is 0.530 e. The van der Waals surface area contributed by atoms with E-state index in [0.29, 0.717) is 13.0 Å². The van der Waals surface area contributed by atoms with E-state index in [1.807, 2.05) is 24.3 Å². The molecule has 0 radical (unpaired) electrons. The van der Waals surface area contributed by atoms with Gasteiger partial charge in [-0.2, -0.15) is 0 Å². The summed E-state index contributed by atoms with van der Waals surface area (Å²) in [6.07, 6.45) is -1.06. The molecule has 0 saturated heterocycles. The highest BCUT2D eigenvalue weighted by Crippen LogP contribution is 2.14. The van der Waals surface area contributed by atoms with Crippen LogP contribution in [0.1, 0.15) is 24.2 Å². The highest BCUT2D eigenvalue weighted by Gasteiger charge is 2.03. The molecule has 16 heavy (non-hydrogen) atoms. The molecule has 1 N–H and O–H groups in total. The Morgan fingerprint density at radius 2 is 2.25 bits per heavy atom. The van der Waals surface area contributed by atoms with Gasteiger partial charge in [0.2, 0.25) is 0 Å². The van der Waals surface area contributed by atoms with E-state index in [1.54, 1.807) is 6.92 Å². The van der Waals surface area contributed by atoms with E-state index in [0.717, 1.165) is 16.0 Å². The number of hydrogen-bond donors (Lipinski definition) is 1. The Hall–Kier alpha value is -1.55. The summed E-state index contributed by atoms with van der Waals surface area (Å²) in [4.78, 5) is 11.6. The number of nitrogens with zero attached hydrogens (tertiary/aromatic N) is 1. The van der Waals surface area contributed by atoms with Crippen molar-refractivity contribution in [1.82, 2.24) is 4.90 Å². The maximum absolute atomic E-state index is 10.5. The quantitative estimate of drug-likeness (QED) is 0.809. The van der Waals surface area contributed by atoms with E-state index < -0.39 is 12.2 Å². The van der Waals surface area contributed by atoms with Gasteiger partial charge >= 0.3 is 0 Å². The molecule has 1 atom stereocenters. The summed E-state index contributed by atoms with van der Waals surface area (Å²) in [6, 6.07) is 7.50. The zero-order valence-electron chi connectivity index (χ0n) is 9.51. The van der Waals surface area contributed by atoms with Gasteiger partial charge in [0.25, 0.3) is 0 Å². The number of rotatable bonds is 4. The van der Waals surface area contributed by atoms with Crippen molar-refractivity contribution in [3.8, 4) is 0 Å². The van der Waals surface area contributed by atoms with Crippen LogP contribution < -0.4 is 5.11 Å². The van der Waals surface area contributed by atoms with Crippen molar-refractivity contribution in [2.75, 3.05) is 13.6 Å². The molecule has 0 aliphatic carbocycles. The minimum Gasteiger partial charge on any atom is -0.530 e. The van der Waals surface area contributed by atoms with Crippen molar-refractivity contribution >= 4 is 6.09 Å². The van der Waals surface area contributed by atoms with Gasteiger partial charge in [0.1, 0.15) is 6.09 Å². The highest BCUT2D eigenvalue weighted by atomic mass is 16.4. The molecule has 1 unspecified atom stereocenters. The first-order valence-electron chi connectivity index (χ1n) is 5.19. The molecule has 1 aromatic rings. The smallest absolute Gasteiger partial charge is 0.136 e. The molecule has 88 valence electrons. The van der Waals surface area contributed by atoms with Crippen LogP contribution in [0.15, 0.2) is 24.3 Å². The van der Waals surface area contributed by atoms with Crippen molar-refractivity contribution < 1.29 is 15.0 Å². The van der Waals surface area contributed by atoms with Crippen LogP contribution in [0.4, 0.5) is 4.79 Å². The van der Waals surface area contributed by atoms with Gasteiger partial charge in [-0.15, -0.1) is 0 Å². The summed E-state index contributed by atoms with van der Waals surface area (Å²) in [5.74, 6) is 0. The number of carbonyl (C=O) groups excluding carboxylic acids is 1. The van der Waals surface area contributed by atoms with Crippen molar-refractivity contribution in [2.24, 2.45) is 0 Å². The van der Waals surface area contributed by atoms with Crippen LogP contribution in [0.5, 0.6) is 0 Å². The molecule has 0 aliphatic rings. The molecule has 0 aliphatic heterocycles. The van der Waals surface area contributed by atoms with Gasteiger partial charge in [0.15, 0.2) is 0 Å². The number of amides is 1. The van der Waals surface area contributed by atoms with Crippen LogP contribution in [0.25, 0.3) is 0 Å². The average Bonchev–Trinajstić information content (AvgIpc) is 2.26. The van der Waals surface area contributed by atoms with Crippen LogP contribution in [-0.4, -0.2) is 29.7 Å². The second-order valence-corrected chi connectivity index (χ2v) is 3.86. The average molecular weight is 222 g/mol. The maximum Gasteiger partial charge on any atom is 0.136 e. The first kappa shape index (κ1) is 12.5. The predicted molar refractivity (Wildman–Crippen MR) is 58.8 cm³/mol. The lowest BCUT2D eigenvalue weighted by Crippen LogP contribution is -2.39. The Morgan fingerprint density at radius 3 is 2.81 bits per heavy atom. The van der Waals surface area contributed by atoms with E-state index in [2.05, 4.69) is 0 Å². The number of carbonyl (C=O) groups is 1. The molecule has 1 amide bonds. The standard InChI is InChI=1S/C12H17NO3/c1-9(14)11-5-3-4-10(8-11)6-7-13(2)12(15)16/h3-5,8-9,14H,6-7H2,1-2H3,(H,15,16)/p-1. The lowest BCUT2D eigenvalue weighted by atomic mass is 10.1. The molecule has 0 spiro atoms. The molecule has 0 saturated carbocycles. The molecule has 1 rings (SSSR count). The maximum atomic E-state index is 10.5. The fourth-order valence-electron chi connectivity index (χ4n) is 1.40. The predicted octanol–water partition coefficient (Wildman–Crippen LogP) is 0.557. The number of hydrogen-bond acceptors (Lipinski definition) is 3. The number of carboxylic acid groups (broad SMARTS) is 1. The molecule has 1 aromatic carbocycles. The van der Waals surface area contributed by atoms with Gasteiger partial charge in [-0.3, -0.25) is 0 Å². The summed E-state index contributed by atoms with van der Waals surface area (Å²) in [7, 11) is 1.48. The van der Waals surface area contributed by atoms with Crippen LogP contribution in [-0.2, 0) is 6.42 Å². The van der Waals surface area contributed by atoms with Crippen LogP contribution in [0, 0.1) is 0 Å². The van der Waals surface area contributed by atoms with E-state index in [4.69, 9.17) is 0 Å². The number of likely N-dealkylation sites (N-methyl/N-ethyl adjacent to an activating group) is 1. The first-order valence-corrected chi connectivity index (χ1v) is 5.19. The lowest BCUT2D eigenvalue weighted by molar-refractivity contribution is -0.263. The third kappa shape index (κ3) is 3.55. The Balaban J connectivity index is 2.60. The van der Waals surface area contributed by atoms with Crippen LogP contribution in [0.2, 0.25) is 0 Å². The number of aliphatic hydroxyl groups is 1. The lowest BCUT2D eigenvalue weighted by Gasteiger charge is -2.19. The minimum atomic E-state index is -1.17. The number of benzene rings is 1. The van der Waals surface area contributed by atoms with Crippen LogP contribution >= 0.6 is 0 Å². The third-order valence-corrected chi connectivity index (χ3v) is 2.48. The van der Waals surface area contributed by atoms with Crippen molar-refractivity contribution in [3.05, 3.63) is 35.4 Å². The molecular weight excluding hydrogens is 206 g/mol. The Morgan fingerprint density at radius 1 is 1.56 bits per heavy atom. The van der Waals surface area contributed by atoms with E-state index in [-0.39, 0.29) is 0 Å². The van der Waals surface area contributed by atoms with Crippen molar-refractivity contribution in [3.63, 3.8) is 0 Å². The summed E-state index contributed by atoms with van der Waals surface area (Å²) >= 11 is 0. The third-order valence-electron chi connectivity index (χ3n) is 2.48. The normalized spacial score (nSPS) is 12.2. The molecule has 0 bridgehead atoms. The molecule has 0 aromatic heterocycles. The Bertz CT molecular complexity index is 363. The monoisotopic (exact) mass is 222 g/mol. The zero-order valence-corrected chi connectivity index (χ0v) is 9.51. The minimum absolute atomic E-state index is 0.394. The topological polar surface area (TPSA) is 63.6 Å². The van der Waals surface area contributed by atoms with E-state index in [9.17, 15) is 15.0 Å². The summed E-state index contributed by atoms with van der Waals surface area (Å²) in [5.41, 5.74) is 1.85. The zero-order chi connectivity index (χ0) is 12.1. The van der Waals surface area contributed by atoms with E-state index in [1.165, 1.54) is 7.05 Å². The number of aliphatic hydroxyl groups excluding tert-OH is 1. The van der Waals surface area contributed by atoms with Gasteiger partial charge < -0.3 is 19.9 Å². The van der Waals surface area contributed by atoms with Crippen molar-refractivity contribution in [1.29, 1.82) is 0 Å². The van der Waals surface area contributed by atoms with Gasteiger partial charge in [-0.25, -0.2) is 0 Å². The van der Waals surface area contributed by atoms with E-state index >= 15 is 0 Å². The molecule has 4 heteroatoms. The molecule has 4 nitrogen and oxygen atoms in total. The molecule has 0 heterocycles. The Labute approximate surface area is 95.1 Å². The summed E-state index contributed by atoms with van der Waals surface area (Å²) < 4.78 is 0. The molecular formula is C12H16NO3-. The highest BCUT2D eigenvalue weighted by molar-refractivity contribution is 5.61. The first-order chi connectivity index (χ1) is 7.50. The Kier molecular flexibility index (Phi) is 4.31. The van der Waals surface area contributed by atoms with Gasteiger partial charge in [0, 0.05) is 13.6 Å². The summed E-state index contributed by atoms with van der Waals surface area (Å²) in [5, 5.41) is 19.9. The fraction of sp³-hybridized carbons (Fsp3) is 0.417. The summed E-state index contributed by atoms with van der Waals surface area (Å²) in [6.45, 7) is 2.10. The SMILES string of the molecule is CC(O)c1cccc(CCN(C)C(=O)[O-])c1. The van der Waals surface area contributed by atoms with Crippen LogP contribution in [0.3, 0.4) is 0 Å².